The van der Waals surface area contributed by atoms with Gasteiger partial charge in [0.15, 0.2) is 5.65 Å². The monoisotopic (exact) mass is 486 g/mol. The predicted molar refractivity (Wildman–Crippen MR) is 142 cm³/mol. The number of hydrogen-bond donors (Lipinski definition) is 1. The van der Waals surface area contributed by atoms with Gasteiger partial charge in [0.2, 0.25) is 0 Å². The maximum absolute atomic E-state index is 5.94. The van der Waals surface area contributed by atoms with Crippen molar-refractivity contribution in [3.8, 4) is 12.8 Å². The minimum absolute atomic E-state index is 0. The first-order valence-corrected chi connectivity index (χ1v) is 11.6. The van der Waals surface area contributed by atoms with Gasteiger partial charge >= 0.3 is 51.4 Å². The van der Waals surface area contributed by atoms with Crippen molar-refractivity contribution in [2.45, 2.75) is 53.5 Å². The molecule has 178 valence electrons. The molecule has 1 saturated heterocycles. The Kier molecular flexibility index (Phi) is 17.7. The van der Waals surface area contributed by atoms with Crippen LogP contribution in [0.5, 0.6) is 0 Å². The summed E-state index contributed by atoms with van der Waals surface area (Å²) in [5, 5.41) is 12.8. The first kappa shape index (κ1) is 32.3. The van der Waals surface area contributed by atoms with Gasteiger partial charge in [0.1, 0.15) is 5.82 Å². The van der Waals surface area contributed by atoms with Gasteiger partial charge in [-0.05, 0) is 52.0 Å². The minimum Gasteiger partial charge on any atom is -0.684 e. The van der Waals surface area contributed by atoms with Crippen LogP contribution in [0.4, 0.5) is 5.69 Å². The normalized spacial score (nSPS) is 13.1. The van der Waals surface area contributed by atoms with Crippen molar-refractivity contribution >= 4 is 17.4 Å². The molecule has 3 heterocycles. The van der Waals surface area contributed by atoms with Gasteiger partial charge in [0.25, 0.3) is 0 Å². The van der Waals surface area contributed by atoms with Crippen molar-refractivity contribution in [3.63, 3.8) is 0 Å². The van der Waals surface area contributed by atoms with Crippen LogP contribution in [0.25, 0.3) is 17.0 Å². The van der Waals surface area contributed by atoms with E-state index in [1.165, 1.54) is 37.9 Å². The molecule has 0 atom stereocenters. The summed E-state index contributed by atoms with van der Waals surface area (Å²) in [6, 6.07) is 14.0. The van der Waals surface area contributed by atoms with E-state index in [9.17, 15) is 0 Å². The van der Waals surface area contributed by atoms with E-state index in [-0.39, 0.29) is 51.4 Å². The number of aryl methyl sites for hydroxylation is 1. The Balaban J connectivity index is 0.000000766. The number of piperidine rings is 1. The smallest absolute Gasteiger partial charge is 0.684 e. The molecule has 6 nitrogen and oxygen atoms in total. The van der Waals surface area contributed by atoms with Gasteiger partial charge in [0.05, 0.1) is 5.69 Å². The Bertz CT molecular complexity index is 988. The Hall–Kier alpha value is -1.66. The molecule has 0 unspecified atom stereocenters. The number of nitrogen functional groups attached to an aromatic ring is 1. The number of nitrogens with zero attached hydrogens (tertiary/aromatic N) is 5. The fraction of sp³-hybridized carbons (Fsp3) is 0.407. The third-order valence-corrected chi connectivity index (χ3v) is 5.07. The number of likely N-dealkylation sites (tertiary alicyclic amines) is 1. The molecular formula is C27H39KN6. The van der Waals surface area contributed by atoms with Crippen molar-refractivity contribution in [2.75, 3.05) is 25.9 Å². The van der Waals surface area contributed by atoms with Crippen LogP contribution in [0.15, 0.2) is 48.2 Å². The van der Waals surface area contributed by atoms with Gasteiger partial charge in [-0.15, -0.1) is 29.6 Å². The zero-order valence-electron chi connectivity index (χ0n) is 21.8. The van der Waals surface area contributed by atoms with Crippen LogP contribution in [0, 0.1) is 19.8 Å². The van der Waals surface area contributed by atoms with Crippen LogP contribution in [-0.2, 0) is 6.54 Å². The molecule has 34 heavy (non-hydrogen) atoms. The van der Waals surface area contributed by atoms with Gasteiger partial charge in [-0.3, -0.25) is 4.40 Å². The Morgan fingerprint density at radius 3 is 2.21 bits per heavy atom. The molecule has 1 fully saturated rings. The minimum atomic E-state index is 0. The molecule has 1 aliphatic heterocycles. The standard InChI is InChI=1S/C17H18N5.C6H13N.C2H6.C2H2.K/c1-12(19-11-14-6-4-3-5-7-14)10-15-8-9-16(18)17-21-20-13(2)22(15)17;1-7-5-3-2-4-6-7;2*1-2;/h3-10H,11,18H2,1-2H3;2-6H2,1H3;1-2H3;1-2H;/q-1;;;;+1/b12-10-;;;;. The summed E-state index contributed by atoms with van der Waals surface area (Å²) in [5.41, 5.74) is 10.4. The van der Waals surface area contributed by atoms with Gasteiger partial charge in [-0.1, -0.05) is 69.2 Å². The van der Waals surface area contributed by atoms with Crippen molar-refractivity contribution in [3.05, 3.63) is 70.6 Å². The number of fused-ring (bicyclic) bond motifs is 1. The number of terminal acetylenes is 1. The summed E-state index contributed by atoms with van der Waals surface area (Å²) in [6.45, 7) is 11.2. The SMILES string of the molecule is C#C.C/C(=C/c1ccc(N)c2nnc(C)n12)[N-]Cc1ccccc1.CC.CN1CCCCC1.[K+]. The van der Waals surface area contributed by atoms with E-state index >= 15 is 0 Å². The summed E-state index contributed by atoms with van der Waals surface area (Å²) >= 11 is 0. The van der Waals surface area contributed by atoms with Gasteiger partial charge in [0, 0.05) is 5.69 Å². The summed E-state index contributed by atoms with van der Waals surface area (Å²) in [4.78, 5) is 2.39. The summed E-state index contributed by atoms with van der Waals surface area (Å²) in [6.07, 6.45) is 14.3. The topological polar surface area (TPSA) is 73.5 Å². The number of allylic oxidation sites excluding steroid dienone is 1. The number of nitrogens with two attached hydrogens (primary N) is 1. The van der Waals surface area contributed by atoms with E-state index in [0.29, 0.717) is 17.9 Å². The number of anilines is 1. The quantitative estimate of drug-likeness (QED) is 0.455. The largest absolute Gasteiger partial charge is 1.00 e. The van der Waals surface area contributed by atoms with Crippen molar-refractivity contribution in [1.82, 2.24) is 19.5 Å². The van der Waals surface area contributed by atoms with Crippen molar-refractivity contribution in [2.24, 2.45) is 0 Å². The molecule has 4 rings (SSSR count). The number of hydrogen-bond acceptors (Lipinski definition) is 4. The molecule has 0 radical (unpaired) electrons. The van der Waals surface area contributed by atoms with E-state index in [4.69, 9.17) is 5.73 Å². The third-order valence-electron chi connectivity index (χ3n) is 5.07. The van der Waals surface area contributed by atoms with E-state index in [2.05, 4.69) is 52.4 Å². The fourth-order valence-corrected chi connectivity index (χ4v) is 3.41. The molecule has 0 saturated carbocycles. The number of pyridine rings is 1. The second-order valence-corrected chi connectivity index (χ2v) is 7.57. The number of rotatable bonds is 4. The first-order valence-electron chi connectivity index (χ1n) is 11.6. The van der Waals surface area contributed by atoms with E-state index in [1.807, 2.05) is 68.5 Å². The summed E-state index contributed by atoms with van der Waals surface area (Å²) < 4.78 is 1.94. The summed E-state index contributed by atoms with van der Waals surface area (Å²) in [5.74, 6) is 0.810. The second-order valence-electron chi connectivity index (χ2n) is 7.57. The van der Waals surface area contributed by atoms with E-state index in [1.54, 1.807) is 0 Å². The maximum atomic E-state index is 5.94. The van der Waals surface area contributed by atoms with Crippen LogP contribution in [-0.4, -0.2) is 39.6 Å². The zero-order chi connectivity index (χ0) is 24.6. The molecule has 1 aliphatic rings. The number of benzene rings is 1. The molecule has 1 aromatic carbocycles. The Labute approximate surface area is 248 Å². The second kappa shape index (κ2) is 18.6. The van der Waals surface area contributed by atoms with Crippen molar-refractivity contribution in [1.29, 1.82) is 0 Å². The molecule has 7 heteroatoms. The first-order chi connectivity index (χ1) is 16.0. The maximum Gasteiger partial charge on any atom is 1.00 e. The molecule has 0 aliphatic carbocycles. The van der Waals surface area contributed by atoms with Gasteiger partial charge in [-0.2, -0.15) is 5.70 Å². The van der Waals surface area contributed by atoms with Crippen LogP contribution in [0.3, 0.4) is 0 Å². The van der Waals surface area contributed by atoms with Gasteiger partial charge in [-0.25, -0.2) is 0 Å². The molecule has 2 N–H and O–H groups in total. The van der Waals surface area contributed by atoms with Crippen LogP contribution < -0.4 is 57.1 Å². The van der Waals surface area contributed by atoms with Crippen LogP contribution in [0.1, 0.15) is 57.1 Å². The molecular weight excluding hydrogens is 447 g/mol. The summed E-state index contributed by atoms with van der Waals surface area (Å²) in [7, 11) is 2.19. The molecule has 2 aromatic heterocycles. The molecule has 0 amide bonds. The average molecular weight is 487 g/mol. The molecule has 0 spiro atoms. The third kappa shape index (κ3) is 10.7. The van der Waals surface area contributed by atoms with E-state index < -0.39 is 0 Å². The average Bonchev–Trinajstić information content (AvgIpc) is 3.26. The van der Waals surface area contributed by atoms with Gasteiger partial charge < -0.3 is 16.0 Å². The fourth-order valence-electron chi connectivity index (χ4n) is 3.41. The Morgan fingerprint density at radius 1 is 1.03 bits per heavy atom. The molecule has 0 bridgehead atoms. The molecule has 3 aromatic rings. The number of aromatic nitrogens is 3. The van der Waals surface area contributed by atoms with Crippen LogP contribution >= 0.6 is 0 Å². The predicted octanol–water partition coefficient (Wildman–Crippen LogP) is 2.94. The van der Waals surface area contributed by atoms with Crippen LogP contribution in [0.2, 0.25) is 0 Å². The van der Waals surface area contributed by atoms with E-state index in [0.717, 1.165) is 17.2 Å². The van der Waals surface area contributed by atoms with Crippen molar-refractivity contribution < 1.29 is 51.4 Å². The Morgan fingerprint density at radius 2 is 1.65 bits per heavy atom. The zero-order valence-corrected chi connectivity index (χ0v) is 25.0.